The van der Waals surface area contributed by atoms with Crippen LogP contribution in [-0.4, -0.2) is 88.3 Å². The molecule has 3 aromatic rings. The summed E-state index contributed by atoms with van der Waals surface area (Å²) in [7, 11) is 2.05. The van der Waals surface area contributed by atoms with E-state index in [2.05, 4.69) is 33.6 Å². The van der Waals surface area contributed by atoms with Crippen LogP contribution in [0.25, 0.3) is 22.2 Å². The Balaban J connectivity index is 1.42. The van der Waals surface area contributed by atoms with Crippen molar-refractivity contribution < 1.29 is 18.3 Å². The molecule has 2 aromatic heterocycles. The second-order valence-electron chi connectivity index (χ2n) is 11.2. The van der Waals surface area contributed by atoms with Gasteiger partial charge in [0.2, 0.25) is 0 Å². The number of nitriles is 1. The second-order valence-corrected chi connectivity index (χ2v) is 12.3. The number of carbonyl (C=O) groups excluding carboxylic acids is 1. The molecular weight excluding hydrogens is 572 g/mol. The Hall–Kier alpha value is -3.82. The van der Waals surface area contributed by atoms with Gasteiger partial charge in [-0.25, -0.2) is 8.78 Å². The van der Waals surface area contributed by atoms with Crippen molar-refractivity contribution in [2.75, 3.05) is 50.5 Å². The molecule has 0 bridgehead atoms. The van der Waals surface area contributed by atoms with Gasteiger partial charge in [-0.05, 0) is 50.6 Å². The number of thioether (sulfide) groups is 1. The number of hydrogen-bond donors (Lipinski definition) is 0. The molecule has 5 heterocycles. The summed E-state index contributed by atoms with van der Waals surface area (Å²) < 4.78 is 36.4. The van der Waals surface area contributed by atoms with Crippen LogP contribution >= 0.6 is 11.8 Å². The van der Waals surface area contributed by atoms with E-state index in [1.54, 1.807) is 18.0 Å². The Morgan fingerprint density at radius 3 is 2.86 bits per heavy atom. The number of amides is 1. The lowest BCUT2D eigenvalue weighted by Gasteiger charge is -2.41. The number of carbonyl (C=O) groups is 1. The van der Waals surface area contributed by atoms with Crippen LogP contribution in [0.15, 0.2) is 41.7 Å². The summed E-state index contributed by atoms with van der Waals surface area (Å²) in [6.07, 6.45) is 5.66. The van der Waals surface area contributed by atoms with Crippen molar-refractivity contribution in [2.24, 2.45) is 0 Å². The van der Waals surface area contributed by atoms with Crippen molar-refractivity contribution in [3.8, 4) is 23.3 Å². The Labute approximate surface area is 253 Å². The van der Waals surface area contributed by atoms with Gasteiger partial charge in [0.25, 0.3) is 5.91 Å². The average molecular weight is 606 g/mol. The smallest absolute Gasteiger partial charge is 0.319 e. The molecule has 3 aliphatic heterocycles. The molecule has 224 valence electrons. The Kier molecular flexibility index (Phi) is 8.45. The number of benzene rings is 1. The lowest BCUT2D eigenvalue weighted by atomic mass is 10.0. The highest BCUT2D eigenvalue weighted by Crippen LogP contribution is 2.40. The number of likely N-dealkylation sites (N-methyl/N-ethyl adjacent to an activating group) is 1. The van der Waals surface area contributed by atoms with Crippen LogP contribution in [0.2, 0.25) is 0 Å². The maximum atomic E-state index is 16.5. The number of fused-ring (bicyclic) bond motifs is 2. The first kappa shape index (κ1) is 29.3. The molecule has 2 fully saturated rings. The van der Waals surface area contributed by atoms with Crippen molar-refractivity contribution in [3.63, 3.8) is 0 Å². The topological polar surface area (TPSA) is 98.5 Å². The highest BCUT2D eigenvalue weighted by Gasteiger charge is 2.34. The van der Waals surface area contributed by atoms with Gasteiger partial charge >= 0.3 is 6.01 Å². The number of pyridine rings is 1. The first-order chi connectivity index (χ1) is 20.9. The van der Waals surface area contributed by atoms with Gasteiger partial charge in [0.05, 0.1) is 23.9 Å². The molecule has 43 heavy (non-hydrogen) atoms. The first-order valence-electron chi connectivity index (χ1n) is 14.6. The zero-order valence-corrected chi connectivity index (χ0v) is 24.9. The SMILES string of the molecule is C=C(F)C(=O)N1CCN(c2nc(OCC3CCCN3C)nc3c(F)c(-c4cccc5c4SCCC5)ncc23)CC1CC#N. The summed E-state index contributed by atoms with van der Waals surface area (Å²) in [5, 5.41) is 9.85. The van der Waals surface area contributed by atoms with Crippen molar-refractivity contribution in [3.05, 3.63) is 48.2 Å². The molecule has 2 atom stereocenters. The van der Waals surface area contributed by atoms with E-state index in [0.29, 0.717) is 17.8 Å². The van der Waals surface area contributed by atoms with Crippen LogP contribution in [0.3, 0.4) is 0 Å². The van der Waals surface area contributed by atoms with Crippen LogP contribution in [0.1, 0.15) is 31.2 Å². The summed E-state index contributed by atoms with van der Waals surface area (Å²) in [5.41, 5.74) is 2.25. The molecule has 6 rings (SSSR count). The third-order valence-corrected chi connectivity index (χ3v) is 9.77. The summed E-state index contributed by atoms with van der Waals surface area (Å²) in [6.45, 7) is 5.10. The first-order valence-corrected chi connectivity index (χ1v) is 15.6. The highest BCUT2D eigenvalue weighted by atomic mass is 32.2. The number of ether oxygens (including phenoxy) is 1. The van der Waals surface area contributed by atoms with E-state index >= 15 is 4.39 Å². The molecule has 0 N–H and O–H groups in total. The van der Waals surface area contributed by atoms with Gasteiger partial charge < -0.3 is 19.4 Å². The summed E-state index contributed by atoms with van der Waals surface area (Å²) in [5.74, 6) is -1.10. The van der Waals surface area contributed by atoms with E-state index in [4.69, 9.17) is 9.72 Å². The fourth-order valence-corrected chi connectivity index (χ4v) is 7.37. The number of anilines is 1. The van der Waals surface area contributed by atoms with Gasteiger partial charge in [0.1, 0.15) is 23.6 Å². The number of rotatable bonds is 7. The van der Waals surface area contributed by atoms with Crippen LogP contribution in [0.4, 0.5) is 14.6 Å². The minimum absolute atomic E-state index is 0.0105. The predicted molar refractivity (Wildman–Crippen MR) is 161 cm³/mol. The summed E-state index contributed by atoms with van der Waals surface area (Å²) >= 11 is 1.72. The van der Waals surface area contributed by atoms with Crippen LogP contribution < -0.4 is 9.64 Å². The number of hydrogen-bond acceptors (Lipinski definition) is 9. The average Bonchev–Trinajstić information content (AvgIpc) is 3.44. The van der Waals surface area contributed by atoms with Crippen molar-refractivity contribution in [2.45, 2.75) is 49.1 Å². The normalized spacial score (nSPS) is 20.6. The Morgan fingerprint density at radius 2 is 2.09 bits per heavy atom. The fraction of sp³-hybridized carbons (Fsp3) is 0.452. The van der Waals surface area contributed by atoms with E-state index in [0.717, 1.165) is 48.4 Å². The zero-order chi connectivity index (χ0) is 30.1. The summed E-state index contributed by atoms with van der Waals surface area (Å²) in [4.78, 5) is 32.8. The van der Waals surface area contributed by atoms with Crippen LogP contribution in [0, 0.1) is 17.1 Å². The molecule has 9 nitrogen and oxygen atoms in total. The molecule has 2 saturated heterocycles. The largest absolute Gasteiger partial charge is 0.462 e. The van der Waals surface area contributed by atoms with E-state index in [1.807, 2.05) is 24.1 Å². The molecule has 1 amide bonds. The quantitative estimate of drug-likeness (QED) is 0.353. The number of aryl methyl sites for hydroxylation is 1. The van der Waals surface area contributed by atoms with E-state index in [9.17, 15) is 14.4 Å². The van der Waals surface area contributed by atoms with Crippen molar-refractivity contribution >= 4 is 34.4 Å². The van der Waals surface area contributed by atoms with E-state index < -0.39 is 23.6 Å². The monoisotopic (exact) mass is 605 g/mol. The standard InChI is InChI=1S/C31H33F2N7O2S/c1-19(32)30(41)40-14-13-39(17-21(40)10-11-34)29-24-16-35-26(23-9-3-6-20-7-5-15-43-28(20)23)25(33)27(24)36-31(37-29)42-18-22-8-4-12-38(22)2/h3,6,9,16,21-22H,1,4-5,7-8,10,12-15,17-18H2,2H3. The van der Waals surface area contributed by atoms with Crippen molar-refractivity contribution in [1.82, 2.24) is 24.8 Å². The molecule has 1 aromatic carbocycles. The van der Waals surface area contributed by atoms with Gasteiger partial charge in [-0.15, -0.1) is 11.8 Å². The predicted octanol–water partition coefficient (Wildman–Crippen LogP) is 4.76. The molecule has 0 aliphatic carbocycles. The van der Waals surface area contributed by atoms with Gasteiger partial charge in [-0.3, -0.25) is 9.78 Å². The van der Waals surface area contributed by atoms with E-state index in [1.165, 1.54) is 10.5 Å². The molecule has 0 radical (unpaired) electrons. The Morgan fingerprint density at radius 1 is 1.23 bits per heavy atom. The minimum atomic E-state index is -1.07. The number of halogens is 2. The lowest BCUT2D eigenvalue weighted by molar-refractivity contribution is -0.131. The van der Waals surface area contributed by atoms with E-state index in [-0.39, 0.29) is 49.3 Å². The molecule has 2 unspecified atom stereocenters. The molecule has 3 aliphatic rings. The minimum Gasteiger partial charge on any atom is -0.462 e. The zero-order valence-electron chi connectivity index (χ0n) is 24.1. The van der Waals surface area contributed by atoms with Gasteiger partial charge in [-0.1, -0.05) is 24.8 Å². The molecular formula is C31H33F2N7O2S. The highest BCUT2D eigenvalue weighted by molar-refractivity contribution is 7.99. The van der Waals surface area contributed by atoms with Crippen LogP contribution in [0.5, 0.6) is 6.01 Å². The number of nitrogens with zero attached hydrogens (tertiary/aromatic N) is 7. The summed E-state index contributed by atoms with van der Waals surface area (Å²) in [6, 6.07) is 7.65. The molecule has 0 spiro atoms. The maximum Gasteiger partial charge on any atom is 0.319 e. The number of likely N-dealkylation sites (tertiary alicyclic amines) is 1. The van der Waals surface area contributed by atoms with Crippen molar-refractivity contribution in [1.29, 1.82) is 5.26 Å². The number of piperazine rings is 1. The Bertz CT molecular complexity index is 1610. The lowest BCUT2D eigenvalue weighted by Crippen LogP contribution is -2.55. The van der Waals surface area contributed by atoms with Gasteiger partial charge in [0, 0.05) is 42.3 Å². The number of aromatic nitrogens is 3. The molecule has 0 saturated carbocycles. The molecule has 12 heteroatoms. The maximum absolute atomic E-state index is 16.5. The fourth-order valence-electron chi connectivity index (χ4n) is 6.20. The van der Waals surface area contributed by atoms with Crippen LogP contribution in [-0.2, 0) is 11.2 Å². The van der Waals surface area contributed by atoms with Gasteiger partial charge in [-0.2, -0.15) is 15.2 Å². The third-order valence-electron chi connectivity index (χ3n) is 8.51. The van der Waals surface area contributed by atoms with Gasteiger partial charge in [0.15, 0.2) is 11.6 Å². The second kappa shape index (κ2) is 12.4. The third kappa shape index (κ3) is 5.76.